The van der Waals surface area contributed by atoms with E-state index in [0.29, 0.717) is 51.4 Å². The van der Waals surface area contributed by atoms with Gasteiger partial charge in [0.2, 0.25) is 0 Å². The molecule has 3 aliphatic heterocycles. The first kappa shape index (κ1) is 52.1. The van der Waals surface area contributed by atoms with Crippen LogP contribution in [0.3, 0.4) is 0 Å². The highest BCUT2D eigenvalue weighted by atomic mass is 16.8. The summed E-state index contributed by atoms with van der Waals surface area (Å²) in [6.45, 7) is 7.24. The number of carboxylic acids is 1. The van der Waals surface area contributed by atoms with Crippen molar-refractivity contribution in [3.05, 3.63) is 22.8 Å². The predicted octanol–water partition coefficient (Wildman–Crippen LogP) is -1.68. The fourth-order valence-corrected chi connectivity index (χ4v) is 13.4. The summed E-state index contributed by atoms with van der Waals surface area (Å²) >= 11 is 0. The van der Waals surface area contributed by atoms with Crippen LogP contribution in [0.1, 0.15) is 92.4 Å². The number of aliphatic carboxylic acids is 1. The van der Waals surface area contributed by atoms with Crippen LogP contribution < -0.4 is 0 Å². The third-order valence-corrected chi connectivity index (χ3v) is 17.3. The fourth-order valence-electron chi connectivity index (χ4n) is 13.4. The number of rotatable bonds is 14. The maximum absolute atomic E-state index is 13.8. The van der Waals surface area contributed by atoms with E-state index >= 15 is 0 Å². The first-order chi connectivity index (χ1) is 31.1. The summed E-state index contributed by atoms with van der Waals surface area (Å²) in [5.41, 5.74) is -1.62. The van der Waals surface area contributed by atoms with Crippen LogP contribution in [-0.2, 0) is 33.2 Å². The van der Waals surface area contributed by atoms with Gasteiger partial charge >= 0.3 is 5.97 Å². The third-order valence-electron chi connectivity index (χ3n) is 17.3. The van der Waals surface area contributed by atoms with Gasteiger partial charge in [-0.2, -0.15) is 0 Å². The van der Waals surface area contributed by atoms with E-state index in [4.69, 9.17) is 28.4 Å². The number of allylic oxidation sites excluding steroid dienone is 2. The summed E-state index contributed by atoms with van der Waals surface area (Å²) in [6, 6.07) is 0. The molecule has 0 aromatic rings. The molecule has 0 aromatic heterocycles. The van der Waals surface area contributed by atoms with Crippen LogP contribution in [0.5, 0.6) is 0 Å². The van der Waals surface area contributed by atoms with Gasteiger partial charge < -0.3 is 94.8 Å². The number of ether oxygens (including phenoxy) is 6. The summed E-state index contributed by atoms with van der Waals surface area (Å²) in [4.78, 5) is 13.8. The molecule has 2 saturated carbocycles. The summed E-state index contributed by atoms with van der Waals surface area (Å²) in [6.07, 6.45) is -19.5. The molecule has 378 valence electrons. The Morgan fingerprint density at radius 3 is 2.02 bits per heavy atom. The van der Waals surface area contributed by atoms with E-state index in [0.717, 1.165) is 16.7 Å². The number of carbonyl (C=O) groups is 1. The van der Waals surface area contributed by atoms with E-state index in [9.17, 15) is 71.2 Å². The topological polar surface area (TPSA) is 335 Å². The molecule has 13 N–H and O–H groups in total. The molecule has 4 aliphatic carbocycles. The maximum atomic E-state index is 13.8. The Hall–Kier alpha value is -1.77. The Labute approximate surface area is 384 Å². The van der Waals surface area contributed by atoms with Gasteiger partial charge in [0.05, 0.1) is 44.1 Å². The van der Waals surface area contributed by atoms with Crippen LogP contribution >= 0.6 is 0 Å². The second-order valence-corrected chi connectivity index (χ2v) is 20.9. The highest BCUT2D eigenvalue weighted by Gasteiger charge is 2.70. The Bertz CT molecular complexity index is 1780. The molecule has 0 spiro atoms. The Morgan fingerprint density at radius 2 is 1.39 bits per heavy atom. The lowest BCUT2D eigenvalue weighted by atomic mass is 9.44. The monoisotopic (exact) mass is 946 g/mol. The van der Waals surface area contributed by atoms with Gasteiger partial charge in [0.25, 0.3) is 0 Å². The minimum absolute atomic E-state index is 0.0517. The number of carboxylic acid groups (broad SMARTS) is 1. The van der Waals surface area contributed by atoms with Crippen LogP contribution in [-0.4, -0.2) is 203 Å². The molecule has 5 fully saturated rings. The van der Waals surface area contributed by atoms with E-state index in [-0.39, 0.29) is 18.3 Å². The molecule has 20 heteroatoms. The van der Waals surface area contributed by atoms with Gasteiger partial charge in [-0.3, -0.25) is 4.79 Å². The van der Waals surface area contributed by atoms with E-state index in [2.05, 4.69) is 6.92 Å². The molecule has 23 unspecified atom stereocenters. The molecule has 3 saturated heterocycles. The zero-order valence-corrected chi connectivity index (χ0v) is 38.4. The van der Waals surface area contributed by atoms with Crippen molar-refractivity contribution in [1.82, 2.24) is 0 Å². The highest BCUT2D eigenvalue weighted by Crippen LogP contribution is 2.72. The Morgan fingerprint density at radius 1 is 0.758 bits per heavy atom. The van der Waals surface area contributed by atoms with Crippen LogP contribution in [0.15, 0.2) is 22.8 Å². The van der Waals surface area contributed by atoms with Crippen LogP contribution in [0.4, 0.5) is 0 Å². The van der Waals surface area contributed by atoms with Crippen molar-refractivity contribution in [2.75, 3.05) is 26.4 Å². The van der Waals surface area contributed by atoms with Crippen molar-refractivity contribution in [3.63, 3.8) is 0 Å². The molecule has 23 atom stereocenters. The second kappa shape index (κ2) is 19.8. The van der Waals surface area contributed by atoms with Crippen molar-refractivity contribution in [2.24, 2.45) is 34.0 Å². The van der Waals surface area contributed by atoms with Crippen molar-refractivity contribution in [2.45, 2.75) is 196 Å². The lowest BCUT2D eigenvalue weighted by molar-refractivity contribution is -0.381. The number of aliphatic hydroxyl groups is 12. The fraction of sp³-hybridized carbons (Fsp3) is 0.891. The van der Waals surface area contributed by atoms with E-state index in [1.165, 1.54) is 0 Å². The Balaban J connectivity index is 1.10. The standard InChI is InChI=1S/C46H74O20/c1-20(2)6-8-25(50)21(3)22-11-15-45(42(58)59)24-7-9-29-43(4,23(24)10-14-44(22,45)5)13-12-30(46(29,60)19-49)65-41-38(35(55)32(52)27(17-48)63-41)66-39-36(56)33(53)28(18-61-39)64-40-37(57)34(54)31(51)26(16-47)62-40/h6,21-22,25-41,47-57,60H,7-19H2,1-5H3,(H,58,59). The lowest BCUT2D eigenvalue weighted by Crippen LogP contribution is -2.67. The molecular weight excluding hydrogens is 872 g/mol. The highest BCUT2D eigenvalue weighted by molar-refractivity contribution is 5.82. The van der Waals surface area contributed by atoms with Gasteiger partial charge in [0.1, 0.15) is 72.7 Å². The predicted molar refractivity (Wildman–Crippen MR) is 226 cm³/mol. The third kappa shape index (κ3) is 8.55. The number of fused-ring (bicyclic) bond motifs is 4. The van der Waals surface area contributed by atoms with Crippen molar-refractivity contribution < 1.29 is 99.6 Å². The van der Waals surface area contributed by atoms with Crippen molar-refractivity contribution in [1.29, 1.82) is 0 Å². The van der Waals surface area contributed by atoms with Crippen LogP contribution in [0, 0.1) is 34.0 Å². The van der Waals surface area contributed by atoms with Crippen molar-refractivity contribution in [3.8, 4) is 0 Å². The SMILES string of the molecule is CC(C)=CCC(O)C(C)C1CCC2(C(=O)O)C3=C(CCC12C)C1(C)CCC(OC2OC(CO)C(O)C(O)C2OC2OCC(OC4OC(CO)C(O)C(O)C4O)C(O)C2O)C(O)(CO)C1CC3. The number of hydrogen-bond donors (Lipinski definition) is 13. The molecule has 0 amide bonds. The maximum Gasteiger partial charge on any atom is 0.314 e. The molecule has 0 aromatic carbocycles. The van der Waals surface area contributed by atoms with E-state index in [1.807, 2.05) is 33.8 Å². The molecule has 66 heavy (non-hydrogen) atoms. The Kier molecular flexibility index (Phi) is 15.6. The summed E-state index contributed by atoms with van der Waals surface area (Å²) in [7, 11) is 0. The van der Waals surface area contributed by atoms with Gasteiger partial charge in [-0.05, 0) is 94.3 Å². The zero-order chi connectivity index (χ0) is 48.4. The molecule has 20 nitrogen and oxygen atoms in total. The first-order valence-corrected chi connectivity index (χ1v) is 23.5. The van der Waals surface area contributed by atoms with Gasteiger partial charge in [-0.15, -0.1) is 0 Å². The minimum atomic E-state index is -1.96. The largest absolute Gasteiger partial charge is 0.481 e. The summed E-state index contributed by atoms with van der Waals surface area (Å²) in [5, 5.41) is 141. The molecule has 3 heterocycles. The number of aliphatic hydroxyl groups excluding tert-OH is 11. The van der Waals surface area contributed by atoms with Gasteiger partial charge in [0.15, 0.2) is 18.9 Å². The molecule has 0 bridgehead atoms. The van der Waals surface area contributed by atoms with Gasteiger partial charge in [0, 0.05) is 5.92 Å². The average molecular weight is 947 g/mol. The van der Waals surface area contributed by atoms with Gasteiger partial charge in [-0.1, -0.05) is 43.6 Å². The second-order valence-electron chi connectivity index (χ2n) is 20.9. The van der Waals surface area contributed by atoms with Crippen LogP contribution in [0.2, 0.25) is 0 Å². The quantitative estimate of drug-likeness (QED) is 0.0866. The smallest absolute Gasteiger partial charge is 0.314 e. The van der Waals surface area contributed by atoms with Gasteiger partial charge in [-0.25, -0.2) is 0 Å². The minimum Gasteiger partial charge on any atom is -0.481 e. The summed E-state index contributed by atoms with van der Waals surface area (Å²) < 4.78 is 35.0. The first-order valence-electron chi connectivity index (χ1n) is 23.5. The molecule has 0 radical (unpaired) electrons. The normalized spacial score (nSPS) is 49.3. The summed E-state index contributed by atoms with van der Waals surface area (Å²) in [5.74, 6) is -1.74. The molecular formula is C46H74O20. The number of hydrogen-bond acceptors (Lipinski definition) is 19. The van der Waals surface area contributed by atoms with Crippen LogP contribution in [0.25, 0.3) is 0 Å². The average Bonchev–Trinajstić information content (AvgIpc) is 3.62. The van der Waals surface area contributed by atoms with Crippen molar-refractivity contribution >= 4 is 5.97 Å². The molecule has 7 rings (SSSR count). The zero-order valence-electron chi connectivity index (χ0n) is 38.4. The lowest BCUT2D eigenvalue weighted by Gasteiger charge is -2.62. The molecule has 7 aliphatic rings. The van der Waals surface area contributed by atoms with E-state index in [1.54, 1.807) is 0 Å². The van der Waals surface area contributed by atoms with E-state index < -0.39 is 158 Å².